The van der Waals surface area contributed by atoms with Gasteiger partial charge in [0.1, 0.15) is 11.3 Å². The van der Waals surface area contributed by atoms with Crippen molar-refractivity contribution in [2.24, 2.45) is 0 Å². The van der Waals surface area contributed by atoms with Gasteiger partial charge in [0.05, 0.1) is 16.6 Å². The lowest BCUT2D eigenvalue weighted by atomic mass is 10.2. The van der Waals surface area contributed by atoms with Crippen LogP contribution in [0.25, 0.3) is 16.7 Å². The summed E-state index contributed by atoms with van der Waals surface area (Å²) in [6.45, 7) is 3.85. The molecule has 0 fully saturated rings. The number of aryl methyl sites for hydroxylation is 1. The van der Waals surface area contributed by atoms with Gasteiger partial charge in [-0.2, -0.15) is 0 Å². The van der Waals surface area contributed by atoms with Crippen LogP contribution < -0.4 is 0 Å². The first kappa shape index (κ1) is 14.5. The molecule has 1 aromatic heterocycles. The largest absolute Gasteiger partial charge is 0.294 e. The van der Waals surface area contributed by atoms with Crippen LogP contribution in [0.3, 0.4) is 0 Å². The van der Waals surface area contributed by atoms with Gasteiger partial charge < -0.3 is 0 Å². The predicted octanol–water partition coefficient (Wildman–Crippen LogP) is 5.54. The van der Waals surface area contributed by atoms with Gasteiger partial charge in [-0.15, -0.1) is 11.6 Å². The molecule has 0 aliphatic heterocycles. The number of nitrogens with zero attached hydrogens (tertiary/aromatic N) is 2. The third kappa shape index (κ3) is 2.47. The molecule has 1 unspecified atom stereocenters. The summed E-state index contributed by atoms with van der Waals surface area (Å²) in [7, 11) is 0. The summed E-state index contributed by atoms with van der Waals surface area (Å²) in [6.07, 6.45) is 0. The van der Waals surface area contributed by atoms with Gasteiger partial charge in [0.15, 0.2) is 5.82 Å². The number of aromatic nitrogens is 2. The van der Waals surface area contributed by atoms with Crippen LogP contribution >= 0.6 is 27.5 Å². The van der Waals surface area contributed by atoms with Crippen LogP contribution in [-0.2, 0) is 0 Å². The first-order valence-electron chi connectivity index (χ1n) is 6.56. The van der Waals surface area contributed by atoms with E-state index in [2.05, 4.69) is 20.9 Å². The smallest absolute Gasteiger partial charge is 0.151 e. The van der Waals surface area contributed by atoms with E-state index in [1.165, 1.54) is 6.07 Å². The van der Waals surface area contributed by atoms with Gasteiger partial charge in [-0.1, -0.05) is 12.1 Å². The van der Waals surface area contributed by atoms with E-state index in [0.717, 1.165) is 15.7 Å². The van der Waals surface area contributed by atoms with Gasteiger partial charge in [0, 0.05) is 4.47 Å². The number of fused-ring (bicyclic) bond motifs is 1. The Labute approximate surface area is 135 Å². The zero-order valence-electron chi connectivity index (χ0n) is 11.6. The number of para-hydroxylation sites is 1. The summed E-state index contributed by atoms with van der Waals surface area (Å²) in [5, 5.41) is -0.329. The Balaban J connectivity index is 2.42. The highest BCUT2D eigenvalue weighted by Gasteiger charge is 2.19. The van der Waals surface area contributed by atoms with E-state index in [1.807, 2.05) is 42.7 Å². The first-order chi connectivity index (χ1) is 9.99. The van der Waals surface area contributed by atoms with Crippen LogP contribution in [0.2, 0.25) is 0 Å². The van der Waals surface area contributed by atoms with E-state index < -0.39 is 0 Å². The van der Waals surface area contributed by atoms with Crippen molar-refractivity contribution >= 4 is 38.6 Å². The SMILES string of the molecule is Cc1ccc(Br)c(-n2c(C(C)Cl)nc3c(F)cccc32)c1. The zero-order chi connectivity index (χ0) is 15.1. The van der Waals surface area contributed by atoms with Crippen LogP contribution in [0.5, 0.6) is 0 Å². The fraction of sp³-hybridized carbons (Fsp3) is 0.188. The number of benzene rings is 2. The summed E-state index contributed by atoms with van der Waals surface area (Å²) in [6, 6.07) is 11.0. The molecule has 0 amide bonds. The summed E-state index contributed by atoms with van der Waals surface area (Å²) in [5.41, 5.74) is 3.07. The van der Waals surface area contributed by atoms with Crippen molar-refractivity contribution in [1.29, 1.82) is 0 Å². The predicted molar refractivity (Wildman–Crippen MR) is 87.7 cm³/mol. The average molecular weight is 368 g/mol. The van der Waals surface area contributed by atoms with Gasteiger partial charge in [-0.05, 0) is 59.6 Å². The molecule has 1 heterocycles. The number of imidazole rings is 1. The number of halogens is 3. The molecule has 3 aromatic rings. The van der Waals surface area contributed by atoms with Crippen molar-refractivity contribution in [3.05, 3.63) is 58.1 Å². The van der Waals surface area contributed by atoms with Crippen LogP contribution in [0.15, 0.2) is 40.9 Å². The Morgan fingerprint density at radius 2 is 2.05 bits per heavy atom. The van der Waals surface area contributed by atoms with E-state index in [0.29, 0.717) is 16.9 Å². The molecule has 21 heavy (non-hydrogen) atoms. The maximum absolute atomic E-state index is 14.0. The fourth-order valence-corrected chi connectivity index (χ4v) is 2.97. The Morgan fingerprint density at radius 1 is 1.29 bits per heavy atom. The Morgan fingerprint density at radius 3 is 2.76 bits per heavy atom. The molecule has 5 heteroatoms. The molecule has 2 aromatic carbocycles. The highest BCUT2D eigenvalue weighted by Crippen LogP contribution is 2.32. The second-order valence-corrected chi connectivity index (χ2v) is 6.49. The van der Waals surface area contributed by atoms with Crippen LogP contribution in [-0.4, -0.2) is 9.55 Å². The van der Waals surface area contributed by atoms with E-state index in [4.69, 9.17) is 11.6 Å². The van der Waals surface area contributed by atoms with Crippen molar-refractivity contribution in [2.45, 2.75) is 19.2 Å². The Kier molecular flexibility index (Phi) is 3.76. The van der Waals surface area contributed by atoms with E-state index >= 15 is 0 Å². The molecular weight excluding hydrogens is 355 g/mol. The summed E-state index contributed by atoms with van der Waals surface area (Å²) in [4.78, 5) is 4.39. The minimum absolute atomic E-state index is 0.329. The molecular formula is C16H13BrClFN2. The number of rotatable bonds is 2. The summed E-state index contributed by atoms with van der Waals surface area (Å²) in [5.74, 6) is 0.289. The number of hydrogen-bond acceptors (Lipinski definition) is 1. The summed E-state index contributed by atoms with van der Waals surface area (Å²) >= 11 is 9.81. The Bertz CT molecular complexity index is 827. The maximum atomic E-state index is 14.0. The molecule has 108 valence electrons. The zero-order valence-corrected chi connectivity index (χ0v) is 13.9. The average Bonchev–Trinajstić information content (AvgIpc) is 2.82. The van der Waals surface area contributed by atoms with Gasteiger partial charge in [-0.3, -0.25) is 4.57 Å². The maximum Gasteiger partial charge on any atom is 0.151 e. The fourth-order valence-electron chi connectivity index (χ4n) is 2.40. The Hall–Kier alpha value is -1.39. The standard InChI is InChI=1S/C16H13BrClFN2/c1-9-6-7-11(17)14(8-9)21-13-5-3-4-12(19)15(13)20-16(21)10(2)18/h3-8,10H,1-2H3. The molecule has 0 N–H and O–H groups in total. The molecule has 0 saturated carbocycles. The monoisotopic (exact) mass is 366 g/mol. The molecule has 3 rings (SSSR count). The highest BCUT2D eigenvalue weighted by atomic mass is 79.9. The minimum atomic E-state index is -0.339. The molecule has 0 spiro atoms. The lowest BCUT2D eigenvalue weighted by molar-refractivity contribution is 0.637. The molecule has 2 nitrogen and oxygen atoms in total. The quantitative estimate of drug-likeness (QED) is 0.544. The second kappa shape index (κ2) is 5.43. The first-order valence-corrected chi connectivity index (χ1v) is 7.79. The number of alkyl halides is 1. The molecule has 0 saturated heterocycles. The molecule has 0 bridgehead atoms. The lowest BCUT2D eigenvalue weighted by Crippen LogP contribution is -2.03. The highest BCUT2D eigenvalue weighted by molar-refractivity contribution is 9.10. The second-order valence-electron chi connectivity index (χ2n) is 4.98. The number of hydrogen-bond donors (Lipinski definition) is 0. The molecule has 0 aliphatic carbocycles. The third-order valence-corrected chi connectivity index (χ3v) is 4.23. The van der Waals surface area contributed by atoms with Gasteiger partial charge in [0.2, 0.25) is 0 Å². The van der Waals surface area contributed by atoms with Crippen molar-refractivity contribution in [3.63, 3.8) is 0 Å². The normalized spacial score (nSPS) is 12.8. The van der Waals surface area contributed by atoms with E-state index in [-0.39, 0.29) is 11.2 Å². The molecule has 0 aliphatic rings. The van der Waals surface area contributed by atoms with Crippen molar-refractivity contribution in [1.82, 2.24) is 9.55 Å². The van der Waals surface area contributed by atoms with Gasteiger partial charge >= 0.3 is 0 Å². The van der Waals surface area contributed by atoms with Crippen LogP contribution in [0.1, 0.15) is 23.7 Å². The van der Waals surface area contributed by atoms with Gasteiger partial charge in [0.25, 0.3) is 0 Å². The van der Waals surface area contributed by atoms with E-state index in [1.54, 1.807) is 6.07 Å². The molecule has 1 atom stereocenters. The lowest BCUT2D eigenvalue weighted by Gasteiger charge is -2.13. The van der Waals surface area contributed by atoms with Crippen molar-refractivity contribution in [2.75, 3.05) is 0 Å². The third-order valence-electron chi connectivity index (χ3n) is 3.36. The van der Waals surface area contributed by atoms with Gasteiger partial charge in [-0.25, -0.2) is 9.37 Å². The van der Waals surface area contributed by atoms with E-state index in [9.17, 15) is 4.39 Å². The minimum Gasteiger partial charge on any atom is -0.294 e. The van der Waals surface area contributed by atoms with Crippen molar-refractivity contribution < 1.29 is 4.39 Å². The topological polar surface area (TPSA) is 17.8 Å². The van der Waals surface area contributed by atoms with Crippen molar-refractivity contribution in [3.8, 4) is 5.69 Å². The molecule has 0 radical (unpaired) electrons. The van der Waals surface area contributed by atoms with Crippen LogP contribution in [0.4, 0.5) is 4.39 Å². The summed E-state index contributed by atoms with van der Waals surface area (Å²) < 4.78 is 16.8. The van der Waals surface area contributed by atoms with Crippen LogP contribution in [0, 0.1) is 12.7 Å².